The average Bonchev–Trinajstić information content (AvgIpc) is 3.04. The molecule has 0 amide bonds. The molecule has 130 valence electrons. The number of rotatable bonds is 6. The summed E-state index contributed by atoms with van der Waals surface area (Å²) in [7, 11) is 0. The summed E-state index contributed by atoms with van der Waals surface area (Å²) in [5, 5.41) is 3.47. The Hall–Kier alpha value is -3.14. The van der Waals surface area contributed by atoms with Crippen LogP contribution in [0.15, 0.2) is 72.9 Å². The van der Waals surface area contributed by atoms with Crippen LogP contribution in [0.1, 0.15) is 23.7 Å². The van der Waals surface area contributed by atoms with Crippen LogP contribution >= 0.6 is 0 Å². The summed E-state index contributed by atoms with van der Waals surface area (Å²) in [6, 6.07) is 23.0. The zero-order valence-corrected chi connectivity index (χ0v) is 14.9. The van der Waals surface area contributed by atoms with Crippen LogP contribution < -0.4 is 5.32 Å². The van der Waals surface area contributed by atoms with Gasteiger partial charge >= 0.3 is 0 Å². The molecule has 0 fully saturated rings. The average molecular weight is 342 g/mol. The number of pyridine rings is 1. The van der Waals surface area contributed by atoms with E-state index in [1.54, 1.807) is 0 Å². The largest absolute Gasteiger partial charge is 0.350 e. The van der Waals surface area contributed by atoms with Crippen LogP contribution in [-0.4, -0.2) is 14.5 Å². The van der Waals surface area contributed by atoms with Gasteiger partial charge in [-0.2, -0.15) is 0 Å². The van der Waals surface area contributed by atoms with Gasteiger partial charge in [-0.3, -0.25) is 4.98 Å². The van der Waals surface area contributed by atoms with Crippen molar-refractivity contribution in [2.45, 2.75) is 26.4 Å². The number of nitrogens with zero attached hydrogens (tertiary/aromatic N) is 3. The highest BCUT2D eigenvalue weighted by Gasteiger charge is 2.12. The highest BCUT2D eigenvalue weighted by atomic mass is 15.2. The number of fused-ring (bicyclic) bond motifs is 1. The van der Waals surface area contributed by atoms with Gasteiger partial charge < -0.3 is 9.88 Å². The zero-order valence-electron chi connectivity index (χ0n) is 14.9. The standard InChI is InChI=1S/C22H22N4/c1-2-17-11-12-21-20(14-17)25-22(24-15-19-10-6-7-13-23-19)26(21)16-18-8-4-3-5-9-18/h3-14H,2,15-16H2,1H3,(H,24,25). The maximum atomic E-state index is 4.86. The number of hydrogen-bond acceptors (Lipinski definition) is 3. The molecule has 2 aromatic heterocycles. The number of benzene rings is 2. The van der Waals surface area contributed by atoms with Gasteiger partial charge in [-0.05, 0) is 41.8 Å². The summed E-state index contributed by atoms with van der Waals surface area (Å²) in [6.45, 7) is 3.61. The molecule has 2 aromatic carbocycles. The van der Waals surface area contributed by atoms with Crippen LogP contribution in [0.4, 0.5) is 5.95 Å². The third kappa shape index (κ3) is 3.45. The van der Waals surface area contributed by atoms with Gasteiger partial charge in [0.25, 0.3) is 0 Å². The molecule has 0 aliphatic heterocycles. The third-order valence-corrected chi connectivity index (χ3v) is 4.56. The molecular formula is C22H22N4. The summed E-state index contributed by atoms with van der Waals surface area (Å²) < 4.78 is 2.24. The predicted molar refractivity (Wildman–Crippen MR) is 106 cm³/mol. The highest BCUT2D eigenvalue weighted by molar-refractivity contribution is 5.79. The Morgan fingerprint density at radius 2 is 1.77 bits per heavy atom. The molecule has 26 heavy (non-hydrogen) atoms. The van der Waals surface area contributed by atoms with Crippen LogP contribution in [0.2, 0.25) is 0 Å². The molecule has 4 rings (SSSR count). The Morgan fingerprint density at radius 1 is 0.923 bits per heavy atom. The highest BCUT2D eigenvalue weighted by Crippen LogP contribution is 2.23. The summed E-state index contributed by atoms with van der Waals surface area (Å²) in [5.41, 5.74) is 5.74. The molecular weight excluding hydrogens is 320 g/mol. The van der Waals surface area contributed by atoms with Crippen LogP contribution in [0.5, 0.6) is 0 Å². The van der Waals surface area contributed by atoms with Gasteiger partial charge in [0, 0.05) is 6.20 Å². The van der Waals surface area contributed by atoms with Crippen molar-refractivity contribution in [1.29, 1.82) is 0 Å². The predicted octanol–water partition coefficient (Wildman–Crippen LogP) is 4.65. The first kappa shape index (κ1) is 16.3. The first-order valence-corrected chi connectivity index (χ1v) is 9.00. The summed E-state index contributed by atoms with van der Waals surface area (Å²) in [6.07, 6.45) is 2.83. The Morgan fingerprint density at radius 3 is 2.54 bits per heavy atom. The fourth-order valence-corrected chi connectivity index (χ4v) is 3.13. The van der Waals surface area contributed by atoms with E-state index < -0.39 is 0 Å². The topological polar surface area (TPSA) is 42.7 Å². The Bertz CT molecular complexity index is 991. The molecule has 0 radical (unpaired) electrons. The van der Waals surface area contributed by atoms with E-state index in [1.165, 1.54) is 11.1 Å². The van der Waals surface area contributed by atoms with E-state index in [4.69, 9.17) is 4.98 Å². The molecule has 0 unspecified atom stereocenters. The molecule has 4 heteroatoms. The van der Waals surface area contributed by atoms with Gasteiger partial charge in [0.1, 0.15) is 0 Å². The second-order valence-electron chi connectivity index (χ2n) is 6.36. The molecule has 4 aromatic rings. The van der Waals surface area contributed by atoms with E-state index in [0.29, 0.717) is 6.54 Å². The SMILES string of the molecule is CCc1ccc2c(c1)nc(NCc1ccccn1)n2Cc1ccccc1. The second-order valence-corrected chi connectivity index (χ2v) is 6.36. The Balaban J connectivity index is 1.70. The van der Waals surface area contributed by atoms with E-state index in [0.717, 1.165) is 35.6 Å². The van der Waals surface area contributed by atoms with Crippen molar-refractivity contribution in [3.8, 4) is 0 Å². The van der Waals surface area contributed by atoms with Gasteiger partial charge in [0.15, 0.2) is 0 Å². The normalized spacial score (nSPS) is 11.0. The van der Waals surface area contributed by atoms with E-state index in [-0.39, 0.29) is 0 Å². The van der Waals surface area contributed by atoms with E-state index in [1.807, 2.05) is 30.5 Å². The van der Waals surface area contributed by atoms with Crippen molar-refractivity contribution in [2.75, 3.05) is 5.32 Å². The Kier molecular flexibility index (Phi) is 4.65. The van der Waals surface area contributed by atoms with Gasteiger partial charge in [-0.25, -0.2) is 4.98 Å². The van der Waals surface area contributed by atoms with Gasteiger partial charge in [-0.15, -0.1) is 0 Å². The summed E-state index contributed by atoms with van der Waals surface area (Å²) in [4.78, 5) is 9.25. The number of aryl methyl sites for hydroxylation is 1. The minimum atomic E-state index is 0.652. The molecule has 0 saturated heterocycles. The first-order chi connectivity index (χ1) is 12.8. The van der Waals surface area contributed by atoms with E-state index >= 15 is 0 Å². The lowest BCUT2D eigenvalue weighted by molar-refractivity contribution is 0.819. The van der Waals surface area contributed by atoms with E-state index in [9.17, 15) is 0 Å². The molecule has 0 aliphatic carbocycles. The lowest BCUT2D eigenvalue weighted by Gasteiger charge is -2.11. The van der Waals surface area contributed by atoms with Gasteiger partial charge in [-0.1, -0.05) is 49.4 Å². The molecule has 0 saturated carbocycles. The quantitative estimate of drug-likeness (QED) is 0.554. The van der Waals surface area contributed by atoms with Crippen LogP contribution in [0, 0.1) is 0 Å². The summed E-state index contributed by atoms with van der Waals surface area (Å²) in [5.74, 6) is 0.878. The monoisotopic (exact) mass is 342 g/mol. The fourth-order valence-electron chi connectivity index (χ4n) is 3.13. The van der Waals surface area contributed by atoms with Crippen molar-refractivity contribution >= 4 is 17.0 Å². The number of aromatic nitrogens is 3. The van der Waals surface area contributed by atoms with Crippen LogP contribution in [0.3, 0.4) is 0 Å². The maximum absolute atomic E-state index is 4.86. The zero-order chi connectivity index (χ0) is 17.8. The molecule has 0 aliphatic rings. The molecule has 0 bridgehead atoms. The fraction of sp³-hybridized carbons (Fsp3) is 0.182. The van der Waals surface area contributed by atoms with Crippen molar-refractivity contribution in [1.82, 2.24) is 14.5 Å². The minimum Gasteiger partial charge on any atom is -0.350 e. The smallest absolute Gasteiger partial charge is 0.204 e. The number of nitrogens with one attached hydrogen (secondary N) is 1. The van der Waals surface area contributed by atoms with Crippen molar-refractivity contribution in [2.24, 2.45) is 0 Å². The number of imidazole rings is 1. The molecule has 1 N–H and O–H groups in total. The Labute approximate surface area is 153 Å². The first-order valence-electron chi connectivity index (χ1n) is 9.00. The van der Waals surface area contributed by atoms with E-state index in [2.05, 4.69) is 64.3 Å². The van der Waals surface area contributed by atoms with Crippen LogP contribution in [-0.2, 0) is 19.5 Å². The second kappa shape index (κ2) is 7.40. The number of hydrogen-bond donors (Lipinski definition) is 1. The maximum Gasteiger partial charge on any atom is 0.204 e. The lowest BCUT2D eigenvalue weighted by atomic mass is 10.1. The van der Waals surface area contributed by atoms with Crippen molar-refractivity contribution in [3.63, 3.8) is 0 Å². The molecule has 0 atom stereocenters. The lowest BCUT2D eigenvalue weighted by Crippen LogP contribution is -2.09. The van der Waals surface area contributed by atoms with Gasteiger partial charge in [0.05, 0.1) is 29.8 Å². The molecule has 0 spiro atoms. The molecule has 4 nitrogen and oxygen atoms in total. The summed E-state index contributed by atoms with van der Waals surface area (Å²) >= 11 is 0. The molecule has 2 heterocycles. The minimum absolute atomic E-state index is 0.652. The van der Waals surface area contributed by atoms with Gasteiger partial charge in [0.2, 0.25) is 5.95 Å². The van der Waals surface area contributed by atoms with Crippen molar-refractivity contribution in [3.05, 3.63) is 89.7 Å². The number of anilines is 1. The third-order valence-electron chi connectivity index (χ3n) is 4.56. The van der Waals surface area contributed by atoms with Crippen LogP contribution in [0.25, 0.3) is 11.0 Å². The van der Waals surface area contributed by atoms with Crippen molar-refractivity contribution < 1.29 is 0 Å².